The second-order valence-corrected chi connectivity index (χ2v) is 5.03. The quantitative estimate of drug-likeness (QED) is 0.902. The molecule has 0 radical (unpaired) electrons. The number of benzene rings is 2. The average molecular weight is 333 g/mol. The molecule has 5 heteroatoms. The molecule has 1 N–H and O–H groups in total. The molecule has 0 unspecified atom stereocenters. The van der Waals surface area contributed by atoms with Gasteiger partial charge in [-0.25, -0.2) is 4.39 Å². The normalized spacial score (nSPS) is 9.90. The second-order valence-electron chi connectivity index (χ2n) is 4.17. The Labute approximate surface area is 124 Å². The highest BCUT2D eigenvalue weighted by molar-refractivity contribution is 9.10. The third kappa shape index (κ3) is 2.86. The van der Waals surface area contributed by atoms with Crippen LogP contribution in [0.2, 0.25) is 0 Å². The van der Waals surface area contributed by atoms with E-state index in [9.17, 15) is 9.18 Å². The smallest absolute Gasteiger partial charge is 0.256 e. The fourth-order valence-corrected chi connectivity index (χ4v) is 2.10. The lowest BCUT2D eigenvalue weighted by molar-refractivity contribution is 0.102. The SMILES string of the molecule is Cc1c(Br)cccc1C(=O)Nc1ccc(C#N)cc1F. The van der Waals surface area contributed by atoms with Gasteiger partial charge in [-0.3, -0.25) is 4.79 Å². The van der Waals surface area contributed by atoms with Crippen molar-refractivity contribution in [1.29, 1.82) is 5.26 Å². The summed E-state index contributed by atoms with van der Waals surface area (Å²) < 4.78 is 14.5. The largest absolute Gasteiger partial charge is 0.319 e. The molecule has 0 heterocycles. The first-order valence-corrected chi connectivity index (χ1v) is 6.58. The Morgan fingerprint density at radius 3 is 2.75 bits per heavy atom. The molecule has 0 fully saturated rings. The molecule has 0 aliphatic rings. The van der Waals surface area contributed by atoms with Crippen LogP contribution in [0, 0.1) is 24.1 Å². The first-order valence-electron chi connectivity index (χ1n) is 5.79. The van der Waals surface area contributed by atoms with Crippen LogP contribution >= 0.6 is 15.9 Å². The van der Waals surface area contributed by atoms with Crippen LogP contribution in [0.4, 0.5) is 10.1 Å². The third-order valence-electron chi connectivity index (χ3n) is 2.86. The summed E-state index contributed by atoms with van der Waals surface area (Å²) in [6.07, 6.45) is 0. The summed E-state index contributed by atoms with van der Waals surface area (Å²) >= 11 is 3.34. The van der Waals surface area contributed by atoms with Crippen molar-refractivity contribution < 1.29 is 9.18 Å². The van der Waals surface area contributed by atoms with E-state index in [1.165, 1.54) is 12.1 Å². The molecule has 0 bridgehead atoms. The molecule has 0 saturated heterocycles. The van der Waals surface area contributed by atoms with Gasteiger partial charge < -0.3 is 5.32 Å². The van der Waals surface area contributed by atoms with Crippen molar-refractivity contribution in [2.75, 3.05) is 5.32 Å². The van der Waals surface area contributed by atoms with E-state index in [0.29, 0.717) is 5.56 Å². The van der Waals surface area contributed by atoms with Crippen LogP contribution in [0.15, 0.2) is 40.9 Å². The molecule has 100 valence electrons. The van der Waals surface area contributed by atoms with E-state index in [0.717, 1.165) is 16.1 Å². The molecule has 20 heavy (non-hydrogen) atoms. The van der Waals surface area contributed by atoms with E-state index in [1.807, 2.05) is 12.1 Å². The molecule has 0 aliphatic carbocycles. The Kier molecular flexibility index (Phi) is 4.16. The van der Waals surface area contributed by atoms with Crippen LogP contribution in [-0.2, 0) is 0 Å². The maximum Gasteiger partial charge on any atom is 0.256 e. The molecule has 0 saturated carbocycles. The molecule has 2 rings (SSSR count). The Morgan fingerprint density at radius 1 is 1.35 bits per heavy atom. The summed E-state index contributed by atoms with van der Waals surface area (Å²) in [7, 11) is 0. The molecule has 2 aromatic carbocycles. The fraction of sp³-hybridized carbons (Fsp3) is 0.0667. The third-order valence-corrected chi connectivity index (χ3v) is 3.72. The number of hydrogen-bond donors (Lipinski definition) is 1. The molecular weight excluding hydrogens is 323 g/mol. The van der Waals surface area contributed by atoms with Crippen LogP contribution in [0.25, 0.3) is 0 Å². The fourth-order valence-electron chi connectivity index (χ4n) is 1.73. The predicted molar refractivity (Wildman–Crippen MR) is 77.9 cm³/mol. The van der Waals surface area contributed by atoms with Crippen molar-refractivity contribution in [3.63, 3.8) is 0 Å². The van der Waals surface area contributed by atoms with Gasteiger partial charge in [0.15, 0.2) is 0 Å². The van der Waals surface area contributed by atoms with E-state index < -0.39 is 11.7 Å². The van der Waals surface area contributed by atoms with Crippen LogP contribution < -0.4 is 5.32 Å². The molecule has 0 aromatic heterocycles. The number of nitriles is 1. The van der Waals surface area contributed by atoms with Gasteiger partial charge in [0.1, 0.15) is 5.82 Å². The van der Waals surface area contributed by atoms with Crippen LogP contribution in [-0.4, -0.2) is 5.91 Å². The lowest BCUT2D eigenvalue weighted by Crippen LogP contribution is -2.14. The van der Waals surface area contributed by atoms with Gasteiger partial charge in [0.2, 0.25) is 0 Å². The molecule has 2 aromatic rings. The number of anilines is 1. The van der Waals surface area contributed by atoms with Crippen molar-refractivity contribution in [3.8, 4) is 6.07 Å². The van der Waals surface area contributed by atoms with Crippen LogP contribution in [0.5, 0.6) is 0 Å². The number of nitrogens with one attached hydrogen (secondary N) is 1. The van der Waals surface area contributed by atoms with E-state index >= 15 is 0 Å². The molecular formula is C15H10BrFN2O. The van der Waals surface area contributed by atoms with Crippen molar-refractivity contribution >= 4 is 27.5 Å². The van der Waals surface area contributed by atoms with Gasteiger partial charge in [0, 0.05) is 10.0 Å². The molecule has 0 spiro atoms. The first kappa shape index (κ1) is 14.2. The number of carbonyl (C=O) groups excluding carboxylic acids is 1. The van der Waals surface area contributed by atoms with E-state index in [2.05, 4.69) is 21.2 Å². The lowest BCUT2D eigenvalue weighted by atomic mass is 10.1. The van der Waals surface area contributed by atoms with Gasteiger partial charge in [-0.15, -0.1) is 0 Å². The summed E-state index contributed by atoms with van der Waals surface area (Å²) in [5.74, 6) is -1.03. The van der Waals surface area contributed by atoms with Crippen molar-refractivity contribution in [2.24, 2.45) is 0 Å². The van der Waals surface area contributed by atoms with Crippen LogP contribution in [0.3, 0.4) is 0 Å². The molecule has 0 aliphatic heterocycles. The number of amides is 1. The van der Waals surface area contributed by atoms with Gasteiger partial charge in [-0.05, 0) is 42.8 Å². The number of nitrogens with zero attached hydrogens (tertiary/aromatic N) is 1. The van der Waals surface area contributed by atoms with E-state index in [4.69, 9.17) is 5.26 Å². The van der Waals surface area contributed by atoms with Gasteiger partial charge in [0.05, 0.1) is 17.3 Å². The van der Waals surface area contributed by atoms with Crippen molar-refractivity contribution in [2.45, 2.75) is 6.92 Å². The maximum absolute atomic E-state index is 13.7. The Bertz CT molecular complexity index is 722. The number of carbonyl (C=O) groups is 1. The zero-order valence-corrected chi connectivity index (χ0v) is 12.2. The van der Waals surface area contributed by atoms with Gasteiger partial charge in [0.25, 0.3) is 5.91 Å². The van der Waals surface area contributed by atoms with Gasteiger partial charge in [-0.1, -0.05) is 22.0 Å². The Hall–Kier alpha value is -2.19. The Balaban J connectivity index is 2.29. The minimum absolute atomic E-state index is 0.0494. The highest BCUT2D eigenvalue weighted by Crippen LogP contribution is 2.21. The number of halogens is 2. The lowest BCUT2D eigenvalue weighted by Gasteiger charge is -2.09. The molecule has 1 amide bonds. The van der Waals surface area contributed by atoms with Crippen molar-refractivity contribution in [3.05, 3.63) is 63.4 Å². The minimum Gasteiger partial charge on any atom is -0.319 e. The van der Waals surface area contributed by atoms with E-state index in [-0.39, 0.29) is 11.3 Å². The highest BCUT2D eigenvalue weighted by atomic mass is 79.9. The summed E-state index contributed by atoms with van der Waals surface area (Å²) in [6, 6.07) is 11.0. The van der Waals surface area contributed by atoms with Crippen LogP contribution in [0.1, 0.15) is 21.5 Å². The summed E-state index contributed by atoms with van der Waals surface area (Å²) in [4.78, 5) is 12.1. The zero-order valence-electron chi connectivity index (χ0n) is 10.6. The van der Waals surface area contributed by atoms with E-state index in [1.54, 1.807) is 19.1 Å². The van der Waals surface area contributed by atoms with Crippen molar-refractivity contribution in [1.82, 2.24) is 0 Å². The van der Waals surface area contributed by atoms with Gasteiger partial charge in [-0.2, -0.15) is 5.26 Å². The number of hydrogen-bond acceptors (Lipinski definition) is 2. The highest BCUT2D eigenvalue weighted by Gasteiger charge is 2.13. The second kappa shape index (κ2) is 5.85. The maximum atomic E-state index is 13.7. The number of rotatable bonds is 2. The Morgan fingerprint density at radius 2 is 2.10 bits per heavy atom. The molecule has 3 nitrogen and oxygen atoms in total. The zero-order chi connectivity index (χ0) is 14.7. The average Bonchev–Trinajstić information content (AvgIpc) is 2.44. The molecule has 0 atom stereocenters. The summed E-state index contributed by atoms with van der Waals surface area (Å²) in [5.41, 5.74) is 1.50. The monoisotopic (exact) mass is 332 g/mol. The predicted octanol–water partition coefficient (Wildman–Crippen LogP) is 4.02. The summed E-state index contributed by atoms with van der Waals surface area (Å²) in [6.45, 7) is 1.80. The summed E-state index contributed by atoms with van der Waals surface area (Å²) in [5, 5.41) is 11.2. The minimum atomic E-state index is -0.634. The standard InChI is InChI=1S/C15H10BrFN2O/c1-9-11(3-2-4-12(9)16)15(20)19-14-6-5-10(8-18)7-13(14)17/h2-7H,1H3,(H,19,20). The van der Waals surface area contributed by atoms with Gasteiger partial charge >= 0.3 is 0 Å². The first-order chi connectivity index (χ1) is 9.52. The topological polar surface area (TPSA) is 52.9 Å².